The molecule has 0 radical (unpaired) electrons. The average molecular weight is 532 g/mol. The summed E-state index contributed by atoms with van der Waals surface area (Å²) in [6, 6.07) is 12.0. The molecule has 1 aromatic heterocycles. The van der Waals surface area contributed by atoms with Gasteiger partial charge in [0.15, 0.2) is 4.90 Å². The van der Waals surface area contributed by atoms with Crippen LogP contribution in [0.15, 0.2) is 58.0 Å². The minimum absolute atomic E-state index is 0.0644. The molecule has 0 fully saturated rings. The number of methoxy groups -OCH3 is 2. The molecular weight excluding hydrogens is 506 g/mol. The van der Waals surface area contributed by atoms with Gasteiger partial charge in [-0.15, -0.1) is 0 Å². The summed E-state index contributed by atoms with van der Waals surface area (Å²) >= 11 is 6.30. The van der Waals surface area contributed by atoms with Crippen LogP contribution in [0.1, 0.15) is 34.9 Å². The van der Waals surface area contributed by atoms with Gasteiger partial charge in [0.2, 0.25) is 15.9 Å². The number of nitrogens with one attached hydrogen (secondary N) is 1. The fraction of sp³-hybridized carbons (Fsp3) is 0.240. The van der Waals surface area contributed by atoms with Crippen LogP contribution in [0.5, 0.6) is 11.5 Å². The fourth-order valence-electron chi connectivity index (χ4n) is 4.30. The smallest absolute Gasteiger partial charge is 0.245 e. The Morgan fingerprint density at radius 1 is 1.19 bits per heavy atom. The molecule has 190 valence electrons. The number of fused-ring (bicyclic) bond motifs is 1. The number of nitrogens with zero attached hydrogens (tertiary/aromatic N) is 1. The predicted octanol–water partition coefficient (Wildman–Crippen LogP) is 3.79. The van der Waals surface area contributed by atoms with E-state index >= 15 is 0 Å². The van der Waals surface area contributed by atoms with E-state index in [4.69, 9.17) is 30.6 Å². The van der Waals surface area contributed by atoms with Crippen molar-refractivity contribution in [2.24, 2.45) is 5.14 Å². The maximum absolute atomic E-state index is 12.8. The van der Waals surface area contributed by atoms with E-state index in [-0.39, 0.29) is 34.8 Å². The van der Waals surface area contributed by atoms with Gasteiger partial charge >= 0.3 is 0 Å². The SMILES string of the molecule is COc1cc(/C=C2\c3ccc(Cl)cc3C(CC(=O)NCc3ccco3)N2C)cc(OC)c1S(N)(=O)=O. The average Bonchev–Trinajstić information content (AvgIpc) is 3.44. The molecule has 11 heteroatoms. The number of amides is 1. The van der Waals surface area contributed by atoms with Gasteiger partial charge in [0.05, 0.1) is 39.5 Å². The van der Waals surface area contributed by atoms with E-state index in [9.17, 15) is 13.2 Å². The van der Waals surface area contributed by atoms with E-state index in [1.165, 1.54) is 14.2 Å². The second kappa shape index (κ2) is 10.3. The number of halogens is 1. The highest BCUT2D eigenvalue weighted by atomic mass is 35.5. The van der Waals surface area contributed by atoms with E-state index in [2.05, 4.69) is 5.32 Å². The summed E-state index contributed by atoms with van der Waals surface area (Å²) < 4.78 is 40.1. The summed E-state index contributed by atoms with van der Waals surface area (Å²) in [5.41, 5.74) is 3.25. The molecule has 2 aromatic carbocycles. The number of hydrogen-bond donors (Lipinski definition) is 2. The lowest BCUT2D eigenvalue weighted by atomic mass is 10.0. The first kappa shape index (κ1) is 25.6. The quantitative estimate of drug-likeness (QED) is 0.453. The molecule has 4 rings (SSSR count). The molecule has 0 saturated heterocycles. The van der Waals surface area contributed by atoms with Crippen LogP contribution < -0.4 is 19.9 Å². The van der Waals surface area contributed by atoms with Gasteiger partial charge in [0.1, 0.15) is 17.3 Å². The van der Waals surface area contributed by atoms with Crippen molar-refractivity contribution in [2.45, 2.75) is 23.9 Å². The number of ether oxygens (including phenoxy) is 2. The summed E-state index contributed by atoms with van der Waals surface area (Å²) in [6.45, 7) is 0.295. The molecule has 3 N–H and O–H groups in total. The number of furan rings is 1. The van der Waals surface area contributed by atoms with Crippen LogP contribution in [0.4, 0.5) is 0 Å². The maximum Gasteiger partial charge on any atom is 0.245 e. The van der Waals surface area contributed by atoms with Crippen molar-refractivity contribution in [3.8, 4) is 11.5 Å². The first-order chi connectivity index (χ1) is 17.1. The topological polar surface area (TPSA) is 124 Å². The minimum atomic E-state index is -4.09. The number of nitrogens with two attached hydrogens (primary N) is 1. The van der Waals surface area contributed by atoms with Crippen molar-refractivity contribution in [3.05, 3.63) is 76.2 Å². The Morgan fingerprint density at radius 3 is 2.47 bits per heavy atom. The Labute approximate surface area is 214 Å². The number of primary sulfonamides is 1. The molecule has 2 heterocycles. The molecule has 0 saturated carbocycles. The van der Waals surface area contributed by atoms with Crippen LogP contribution in [0.2, 0.25) is 5.02 Å². The van der Waals surface area contributed by atoms with Crippen LogP contribution in [0.3, 0.4) is 0 Å². The van der Waals surface area contributed by atoms with Crippen molar-refractivity contribution >= 4 is 39.3 Å². The zero-order valence-electron chi connectivity index (χ0n) is 19.9. The van der Waals surface area contributed by atoms with Crippen molar-refractivity contribution in [2.75, 3.05) is 21.3 Å². The van der Waals surface area contributed by atoms with Gasteiger partial charge in [-0.2, -0.15) is 0 Å². The lowest BCUT2D eigenvalue weighted by molar-refractivity contribution is -0.122. The van der Waals surface area contributed by atoms with E-state index in [1.807, 2.05) is 30.2 Å². The molecule has 1 aliphatic heterocycles. The van der Waals surface area contributed by atoms with E-state index in [1.54, 1.807) is 36.6 Å². The second-order valence-electron chi connectivity index (χ2n) is 8.25. The Bertz CT molecular complexity index is 1390. The highest BCUT2D eigenvalue weighted by Crippen LogP contribution is 2.44. The van der Waals surface area contributed by atoms with E-state index in [0.717, 1.165) is 16.8 Å². The highest BCUT2D eigenvalue weighted by molar-refractivity contribution is 7.89. The molecule has 1 unspecified atom stereocenters. The molecule has 1 atom stereocenters. The van der Waals surface area contributed by atoms with Gasteiger partial charge < -0.3 is 24.1 Å². The summed E-state index contributed by atoms with van der Waals surface area (Å²) in [6.07, 6.45) is 3.62. The first-order valence-electron chi connectivity index (χ1n) is 10.9. The van der Waals surface area contributed by atoms with Crippen LogP contribution in [-0.4, -0.2) is 40.5 Å². The largest absolute Gasteiger partial charge is 0.495 e. The predicted molar refractivity (Wildman–Crippen MR) is 136 cm³/mol. The molecular formula is C25H26ClN3O6S. The Hall–Kier alpha value is -3.47. The van der Waals surface area contributed by atoms with Crippen molar-refractivity contribution < 1.29 is 27.1 Å². The number of hydrogen-bond acceptors (Lipinski definition) is 7. The zero-order chi connectivity index (χ0) is 26.0. The third kappa shape index (κ3) is 5.20. The zero-order valence-corrected chi connectivity index (χ0v) is 21.5. The van der Waals surface area contributed by atoms with Gasteiger partial charge in [-0.05, 0) is 53.6 Å². The molecule has 0 aliphatic carbocycles. The normalized spacial score (nSPS) is 16.2. The van der Waals surface area contributed by atoms with Crippen molar-refractivity contribution in [1.29, 1.82) is 0 Å². The van der Waals surface area contributed by atoms with Crippen LogP contribution >= 0.6 is 11.6 Å². The van der Waals surface area contributed by atoms with Crippen LogP contribution in [0, 0.1) is 0 Å². The molecule has 9 nitrogen and oxygen atoms in total. The van der Waals surface area contributed by atoms with Crippen molar-refractivity contribution in [1.82, 2.24) is 10.2 Å². The van der Waals surface area contributed by atoms with Gasteiger partial charge in [-0.1, -0.05) is 17.7 Å². The third-order valence-electron chi connectivity index (χ3n) is 5.99. The number of sulfonamides is 1. The molecule has 1 amide bonds. The lowest BCUT2D eigenvalue weighted by Crippen LogP contribution is -2.27. The Kier molecular flexibility index (Phi) is 7.30. The Morgan fingerprint density at radius 2 is 1.89 bits per heavy atom. The molecule has 36 heavy (non-hydrogen) atoms. The summed E-state index contributed by atoms with van der Waals surface area (Å²) in [4.78, 5) is 14.5. The number of carbonyl (C=O) groups is 1. The van der Waals surface area contributed by atoms with Crippen LogP contribution in [-0.2, 0) is 21.4 Å². The number of carbonyl (C=O) groups excluding carboxylic acids is 1. The molecule has 3 aromatic rings. The summed E-state index contributed by atoms with van der Waals surface area (Å²) in [7, 11) is 0.514. The first-order valence-corrected chi connectivity index (χ1v) is 12.9. The standard InChI is InChI=1S/C25H26ClN3O6S/c1-29-20(9-15-10-22(33-2)25(36(27,31)32)23(11-15)34-3)18-7-6-16(26)12-19(18)21(29)13-24(30)28-14-17-5-4-8-35-17/h4-12,21H,13-14H2,1-3H3,(H,28,30)(H2,27,31,32)/b20-9+. The minimum Gasteiger partial charge on any atom is -0.495 e. The van der Waals surface area contributed by atoms with Gasteiger partial charge in [-0.25, -0.2) is 13.6 Å². The lowest BCUT2D eigenvalue weighted by Gasteiger charge is -2.23. The van der Waals surface area contributed by atoms with E-state index in [0.29, 0.717) is 22.9 Å². The van der Waals surface area contributed by atoms with Gasteiger partial charge in [0, 0.05) is 23.3 Å². The van der Waals surface area contributed by atoms with Crippen LogP contribution in [0.25, 0.3) is 11.8 Å². The summed E-state index contributed by atoms with van der Waals surface area (Å²) in [5.74, 6) is 0.651. The molecule has 0 spiro atoms. The summed E-state index contributed by atoms with van der Waals surface area (Å²) in [5, 5.41) is 8.81. The van der Waals surface area contributed by atoms with Gasteiger partial charge in [0.25, 0.3) is 0 Å². The highest BCUT2D eigenvalue weighted by Gasteiger charge is 2.33. The second-order valence-corrected chi connectivity index (χ2v) is 10.2. The third-order valence-corrected chi connectivity index (χ3v) is 7.19. The van der Waals surface area contributed by atoms with Gasteiger partial charge in [-0.3, -0.25) is 4.79 Å². The van der Waals surface area contributed by atoms with E-state index < -0.39 is 10.0 Å². The molecule has 1 aliphatic rings. The Balaban J connectivity index is 1.70. The monoisotopic (exact) mass is 531 g/mol. The number of rotatable bonds is 8. The fourth-order valence-corrected chi connectivity index (χ4v) is 5.33. The number of benzene rings is 2. The molecule has 0 bridgehead atoms. The van der Waals surface area contributed by atoms with Crippen molar-refractivity contribution in [3.63, 3.8) is 0 Å². The maximum atomic E-state index is 12.8.